The standard InChI is InChI=1S/C10H12ClN3O2/c11-9-3-2-8(6-13-9)10(16)14(7-15)5-1-4-12/h2-3,6-7H,1,4-5,12H2. The van der Waals surface area contributed by atoms with E-state index >= 15 is 0 Å². The van der Waals surface area contributed by atoms with E-state index < -0.39 is 5.91 Å². The lowest BCUT2D eigenvalue weighted by Crippen LogP contribution is -2.31. The van der Waals surface area contributed by atoms with E-state index in [4.69, 9.17) is 17.3 Å². The molecule has 0 aliphatic rings. The van der Waals surface area contributed by atoms with Gasteiger partial charge in [0.25, 0.3) is 5.91 Å². The largest absolute Gasteiger partial charge is 0.330 e. The summed E-state index contributed by atoms with van der Waals surface area (Å²) < 4.78 is 0. The van der Waals surface area contributed by atoms with Gasteiger partial charge in [-0.1, -0.05) is 11.6 Å². The molecule has 0 bridgehead atoms. The van der Waals surface area contributed by atoms with Crippen molar-refractivity contribution < 1.29 is 9.59 Å². The fourth-order valence-corrected chi connectivity index (χ4v) is 1.24. The number of hydrogen-bond donors (Lipinski definition) is 1. The van der Waals surface area contributed by atoms with Gasteiger partial charge in [0.2, 0.25) is 6.41 Å². The number of rotatable bonds is 5. The molecule has 1 aromatic heterocycles. The fourth-order valence-electron chi connectivity index (χ4n) is 1.13. The number of amides is 2. The van der Waals surface area contributed by atoms with Gasteiger partial charge in [-0.15, -0.1) is 0 Å². The van der Waals surface area contributed by atoms with Gasteiger partial charge >= 0.3 is 0 Å². The summed E-state index contributed by atoms with van der Waals surface area (Å²) in [5.74, 6) is -0.396. The monoisotopic (exact) mass is 241 g/mol. The maximum Gasteiger partial charge on any atom is 0.261 e. The topological polar surface area (TPSA) is 76.3 Å². The molecule has 0 aliphatic heterocycles. The number of nitrogens with zero attached hydrogens (tertiary/aromatic N) is 2. The Labute approximate surface area is 98.2 Å². The predicted molar refractivity (Wildman–Crippen MR) is 60.0 cm³/mol. The fraction of sp³-hybridized carbons (Fsp3) is 0.300. The van der Waals surface area contributed by atoms with Crippen molar-refractivity contribution in [1.82, 2.24) is 9.88 Å². The summed E-state index contributed by atoms with van der Waals surface area (Å²) in [6, 6.07) is 3.03. The van der Waals surface area contributed by atoms with Crippen molar-refractivity contribution in [2.75, 3.05) is 13.1 Å². The van der Waals surface area contributed by atoms with Gasteiger partial charge in [0.15, 0.2) is 0 Å². The average Bonchev–Trinajstić information content (AvgIpc) is 2.30. The van der Waals surface area contributed by atoms with Crippen LogP contribution in [0.25, 0.3) is 0 Å². The Hall–Kier alpha value is -1.46. The van der Waals surface area contributed by atoms with Crippen LogP contribution in [0.5, 0.6) is 0 Å². The van der Waals surface area contributed by atoms with Crippen molar-refractivity contribution in [2.45, 2.75) is 6.42 Å². The second-order valence-corrected chi connectivity index (χ2v) is 3.50. The first-order valence-electron chi connectivity index (χ1n) is 4.77. The number of nitrogens with two attached hydrogens (primary N) is 1. The molecule has 2 amide bonds. The zero-order chi connectivity index (χ0) is 12.0. The Bertz CT molecular complexity index is 367. The molecule has 1 aromatic rings. The van der Waals surface area contributed by atoms with Crippen LogP contribution in [-0.4, -0.2) is 35.3 Å². The lowest BCUT2D eigenvalue weighted by Gasteiger charge is -2.14. The zero-order valence-electron chi connectivity index (χ0n) is 8.60. The van der Waals surface area contributed by atoms with E-state index in [2.05, 4.69) is 4.98 Å². The Morgan fingerprint density at radius 1 is 1.56 bits per heavy atom. The lowest BCUT2D eigenvalue weighted by atomic mass is 10.2. The maximum atomic E-state index is 11.8. The molecule has 1 heterocycles. The third-order valence-corrected chi connectivity index (χ3v) is 2.19. The molecule has 0 spiro atoms. The number of imide groups is 1. The third kappa shape index (κ3) is 3.29. The summed E-state index contributed by atoms with van der Waals surface area (Å²) in [7, 11) is 0. The smallest absolute Gasteiger partial charge is 0.261 e. The minimum absolute atomic E-state index is 0.302. The van der Waals surface area contributed by atoms with Crippen LogP contribution >= 0.6 is 11.6 Å². The van der Waals surface area contributed by atoms with E-state index in [9.17, 15) is 9.59 Å². The van der Waals surface area contributed by atoms with Gasteiger partial charge in [0, 0.05) is 12.7 Å². The van der Waals surface area contributed by atoms with Gasteiger partial charge in [0.05, 0.1) is 5.56 Å². The number of pyridine rings is 1. The van der Waals surface area contributed by atoms with E-state index in [1.165, 1.54) is 18.3 Å². The number of aromatic nitrogens is 1. The Balaban J connectivity index is 2.74. The van der Waals surface area contributed by atoms with E-state index in [-0.39, 0.29) is 0 Å². The van der Waals surface area contributed by atoms with Crippen LogP contribution in [0.1, 0.15) is 16.8 Å². The van der Waals surface area contributed by atoms with Crippen LogP contribution in [0.2, 0.25) is 5.15 Å². The Morgan fingerprint density at radius 2 is 2.31 bits per heavy atom. The highest BCUT2D eigenvalue weighted by atomic mass is 35.5. The van der Waals surface area contributed by atoms with E-state index in [0.717, 1.165) is 4.90 Å². The molecule has 0 saturated heterocycles. The molecule has 5 nitrogen and oxygen atoms in total. The first kappa shape index (κ1) is 12.6. The number of carbonyl (C=O) groups is 2. The average molecular weight is 242 g/mol. The molecule has 0 saturated carbocycles. The molecular formula is C10H12ClN3O2. The molecule has 0 aromatic carbocycles. The summed E-state index contributed by atoms with van der Waals surface area (Å²) in [6.45, 7) is 0.734. The second-order valence-electron chi connectivity index (χ2n) is 3.12. The lowest BCUT2D eigenvalue weighted by molar-refractivity contribution is -0.116. The summed E-state index contributed by atoms with van der Waals surface area (Å²) in [6.07, 6.45) is 2.40. The van der Waals surface area contributed by atoms with E-state index in [1.54, 1.807) is 0 Å². The van der Waals surface area contributed by atoms with Gasteiger partial charge in [-0.2, -0.15) is 0 Å². The molecule has 2 N–H and O–H groups in total. The second kappa shape index (κ2) is 6.19. The molecule has 16 heavy (non-hydrogen) atoms. The normalized spacial score (nSPS) is 9.88. The predicted octanol–water partition coefficient (Wildman–Crippen LogP) is 0.682. The van der Waals surface area contributed by atoms with Gasteiger partial charge in [-0.3, -0.25) is 14.5 Å². The highest BCUT2D eigenvalue weighted by Gasteiger charge is 2.14. The van der Waals surface area contributed by atoms with Crippen molar-refractivity contribution in [3.05, 3.63) is 29.0 Å². The summed E-state index contributed by atoms with van der Waals surface area (Å²) >= 11 is 5.59. The Morgan fingerprint density at radius 3 is 2.81 bits per heavy atom. The van der Waals surface area contributed by atoms with Crippen molar-refractivity contribution in [1.29, 1.82) is 0 Å². The molecule has 1 rings (SSSR count). The quantitative estimate of drug-likeness (QED) is 0.608. The SMILES string of the molecule is NCCCN(C=O)C(=O)c1ccc(Cl)nc1. The molecule has 0 radical (unpaired) electrons. The molecule has 86 valence electrons. The van der Waals surface area contributed by atoms with Gasteiger partial charge in [-0.05, 0) is 25.1 Å². The highest BCUT2D eigenvalue weighted by molar-refractivity contribution is 6.29. The van der Waals surface area contributed by atoms with Crippen LogP contribution in [-0.2, 0) is 4.79 Å². The molecular weight excluding hydrogens is 230 g/mol. The summed E-state index contributed by atoms with van der Waals surface area (Å²) in [5, 5.41) is 0.302. The number of carbonyl (C=O) groups excluding carboxylic acids is 2. The van der Waals surface area contributed by atoms with Crippen molar-refractivity contribution >= 4 is 23.9 Å². The van der Waals surface area contributed by atoms with Gasteiger partial charge in [0.1, 0.15) is 5.15 Å². The third-order valence-electron chi connectivity index (χ3n) is 1.97. The molecule has 0 unspecified atom stereocenters. The van der Waals surface area contributed by atoms with Gasteiger partial charge < -0.3 is 5.73 Å². The number of hydrogen-bond acceptors (Lipinski definition) is 4. The first-order valence-corrected chi connectivity index (χ1v) is 5.14. The van der Waals surface area contributed by atoms with Crippen LogP contribution < -0.4 is 5.73 Å². The van der Waals surface area contributed by atoms with E-state index in [1.807, 2.05) is 0 Å². The van der Waals surface area contributed by atoms with Crippen LogP contribution in [0, 0.1) is 0 Å². The maximum absolute atomic E-state index is 11.8. The molecule has 0 fully saturated rings. The van der Waals surface area contributed by atoms with Gasteiger partial charge in [-0.25, -0.2) is 4.98 Å². The number of halogens is 1. The molecule has 6 heteroatoms. The van der Waals surface area contributed by atoms with Crippen molar-refractivity contribution in [2.24, 2.45) is 5.73 Å². The zero-order valence-corrected chi connectivity index (χ0v) is 9.35. The minimum Gasteiger partial charge on any atom is -0.330 e. The highest BCUT2D eigenvalue weighted by Crippen LogP contribution is 2.07. The van der Waals surface area contributed by atoms with E-state index in [0.29, 0.717) is 36.6 Å². The van der Waals surface area contributed by atoms with Crippen molar-refractivity contribution in [3.8, 4) is 0 Å². The van der Waals surface area contributed by atoms with Crippen molar-refractivity contribution in [3.63, 3.8) is 0 Å². The minimum atomic E-state index is -0.396. The molecule has 0 aliphatic carbocycles. The van der Waals surface area contributed by atoms with Crippen LogP contribution in [0.4, 0.5) is 0 Å². The Kier molecular flexibility index (Phi) is 4.88. The summed E-state index contributed by atoms with van der Waals surface area (Å²) in [4.78, 5) is 27.3. The first-order chi connectivity index (χ1) is 7.69. The molecule has 0 atom stereocenters. The summed E-state index contributed by atoms with van der Waals surface area (Å²) in [5.41, 5.74) is 5.63. The van der Waals surface area contributed by atoms with Crippen LogP contribution in [0.3, 0.4) is 0 Å². The van der Waals surface area contributed by atoms with Crippen LogP contribution in [0.15, 0.2) is 18.3 Å².